The summed E-state index contributed by atoms with van der Waals surface area (Å²) in [6.07, 6.45) is 7.09. The summed E-state index contributed by atoms with van der Waals surface area (Å²) in [5.74, 6) is 3.08. The fourth-order valence-corrected chi connectivity index (χ4v) is 5.97. The molecule has 0 aliphatic heterocycles. The molecule has 5 rings (SSSR count). The third kappa shape index (κ3) is 4.14. The summed E-state index contributed by atoms with van der Waals surface area (Å²) in [5, 5.41) is 8.79. The number of amides is 3. The molecule has 4 fully saturated rings. The molecule has 1 atom stereocenters. The Morgan fingerprint density at radius 2 is 1.66 bits per heavy atom. The van der Waals surface area contributed by atoms with E-state index in [4.69, 9.17) is 9.47 Å². The maximum Gasteiger partial charge on any atom is 0.321 e. The van der Waals surface area contributed by atoms with E-state index in [-0.39, 0.29) is 17.5 Å². The van der Waals surface area contributed by atoms with E-state index < -0.39 is 6.04 Å². The lowest BCUT2D eigenvalue weighted by molar-refractivity contribution is -0.120. The summed E-state index contributed by atoms with van der Waals surface area (Å²) in [6.45, 7) is 1.72. The Labute approximate surface area is 171 Å². The first-order valence-corrected chi connectivity index (χ1v) is 10.5. The zero-order valence-electron chi connectivity index (χ0n) is 17.4. The van der Waals surface area contributed by atoms with Crippen LogP contribution in [0.1, 0.15) is 45.4 Å². The van der Waals surface area contributed by atoms with Crippen LogP contribution in [0, 0.1) is 17.8 Å². The highest BCUT2D eigenvalue weighted by Crippen LogP contribution is 2.55. The highest BCUT2D eigenvalue weighted by atomic mass is 16.5. The molecular weight excluding hydrogens is 370 g/mol. The molecular formula is C22H31N3O4. The quantitative estimate of drug-likeness (QED) is 0.681. The summed E-state index contributed by atoms with van der Waals surface area (Å²) in [4.78, 5) is 25.2. The molecule has 7 nitrogen and oxygen atoms in total. The highest BCUT2D eigenvalue weighted by Gasteiger charge is 2.51. The van der Waals surface area contributed by atoms with Crippen LogP contribution in [0.5, 0.6) is 11.5 Å². The van der Waals surface area contributed by atoms with E-state index in [2.05, 4.69) is 16.0 Å². The second-order valence-electron chi connectivity index (χ2n) is 9.07. The summed E-state index contributed by atoms with van der Waals surface area (Å²) in [5.41, 5.74) is 0.548. The molecule has 4 saturated carbocycles. The third-order valence-electron chi connectivity index (χ3n) is 6.83. The number of hydrogen-bond donors (Lipinski definition) is 3. The Balaban J connectivity index is 1.34. The number of anilines is 1. The molecule has 29 heavy (non-hydrogen) atoms. The Morgan fingerprint density at radius 3 is 2.21 bits per heavy atom. The van der Waals surface area contributed by atoms with Crippen molar-refractivity contribution < 1.29 is 19.1 Å². The van der Waals surface area contributed by atoms with Gasteiger partial charge in [-0.25, -0.2) is 4.79 Å². The van der Waals surface area contributed by atoms with Crippen molar-refractivity contribution in [3.8, 4) is 11.5 Å². The fraction of sp³-hybridized carbons (Fsp3) is 0.636. The van der Waals surface area contributed by atoms with Gasteiger partial charge in [0.15, 0.2) is 0 Å². The second kappa shape index (κ2) is 7.76. The van der Waals surface area contributed by atoms with Crippen LogP contribution < -0.4 is 25.4 Å². The molecule has 3 amide bonds. The number of methoxy groups -OCH3 is 2. The predicted octanol–water partition coefficient (Wildman–Crippen LogP) is 3.30. The highest BCUT2D eigenvalue weighted by molar-refractivity contribution is 5.98. The number of carbonyl (C=O) groups excluding carboxylic acids is 2. The average molecular weight is 402 g/mol. The van der Waals surface area contributed by atoms with Gasteiger partial charge in [-0.2, -0.15) is 0 Å². The minimum Gasteiger partial charge on any atom is -0.497 e. The SMILES string of the molecule is COc1ccc(N[C@H](C)C(=O)NC(=O)NC23CC4CC(CC(C4)C2)C3)c(OC)c1. The van der Waals surface area contributed by atoms with Crippen LogP contribution in [0.2, 0.25) is 0 Å². The summed E-state index contributed by atoms with van der Waals surface area (Å²) in [6, 6.07) is 4.34. The van der Waals surface area contributed by atoms with Crippen molar-refractivity contribution in [2.24, 2.45) is 17.8 Å². The molecule has 4 aliphatic rings. The second-order valence-corrected chi connectivity index (χ2v) is 9.07. The van der Waals surface area contributed by atoms with Crippen LogP contribution in [0.15, 0.2) is 18.2 Å². The Morgan fingerprint density at radius 1 is 1.03 bits per heavy atom. The maximum atomic E-state index is 12.6. The molecule has 7 heteroatoms. The van der Waals surface area contributed by atoms with Gasteiger partial charge < -0.3 is 20.1 Å². The van der Waals surface area contributed by atoms with E-state index in [9.17, 15) is 9.59 Å². The number of rotatable bonds is 6. The minimum absolute atomic E-state index is 0.116. The lowest BCUT2D eigenvalue weighted by atomic mass is 9.53. The van der Waals surface area contributed by atoms with Crippen LogP contribution >= 0.6 is 0 Å². The number of carbonyl (C=O) groups is 2. The molecule has 4 bridgehead atoms. The topological polar surface area (TPSA) is 88.7 Å². The molecule has 0 heterocycles. The lowest BCUT2D eigenvalue weighted by Crippen LogP contribution is -2.62. The van der Waals surface area contributed by atoms with Crippen molar-refractivity contribution in [3.05, 3.63) is 18.2 Å². The summed E-state index contributed by atoms with van der Waals surface area (Å²) < 4.78 is 10.5. The Bertz CT molecular complexity index is 759. The zero-order valence-corrected chi connectivity index (χ0v) is 17.4. The van der Waals surface area contributed by atoms with Crippen LogP contribution in [-0.2, 0) is 4.79 Å². The van der Waals surface area contributed by atoms with Gasteiger partial charge in [0.1, 0.15) is 17.5 Å². The maximum absolute atomic E-state index is 12.6. The van der Waals surface area contributed by atoms with Crippen molar-refractivity contribution in [2.45, 2.75) is 57.0 Å². The molecule has 4 aliphatic carbocycles. The van der Waals surface area contributed by atoms with Crippen LogP contribution in [0.25, 0.3) is 0 Å². The number of benzene rings is 1. The van der Waals surface area contributed by atoms with Gasteiger partial charge in [-0.3, -0.25) is 10.1 Å². The molecule has 158 valence electrons. The van der Waals surface area contributed by atoms with Crippen molar-refractivity contribution in [2.75, 3.05) is 19.5 Å². The van der Waals surface area contributed by atoms with Crippen molar-refractivity contribution in [3.63, 3.8) is 0 Å². The van der Waals surface area contributed by atoms with Gasteiger partial charge in [-0.15, -0.1) is 0 Å². The molecule has 0 spiro atoms. The number of nitrogens with one attached hydrogen (secondary N) is 3. The largest absolute Gasteiger partial charge is 0.497 e. The van der Waals surface area contributed by atoms with Gasteiger partial charge in [0, 0.05) is 11.6 Å². The first kappa shape index (κ1) is 19.9. The molecule has 3 N–H and O–H groups in total. The van der Waals surface area contributed by atoms with Gasteiger partial charge >= 0.3 is 6.03 Å². The van der Waals surface area contributed by atoms with Crippen molar-refractivity contribution >= 4 is 17.6 Å². The molecule has 0 radical (unpaired) electrons. The first-order valence-electron chi connectivity index (χ1n) is 10.5. The molecule has 0 saturated heterocycles. The number of urea groups is 1. The van der Waals surface area contributed by atoms with Crippen LogP contribution in [0.3, 0.4) is 0 Å². The average Bonchev–Trinajstić information content (AvgIpc) is 2.66. The van der Waals surface area contributed by atoms with E-state index in [0.29, 0.717) is 17.2 Å². The molecule has 1 aromatic carbocycles. The monoisotopic (exact) mass is 401 g/mol. The van der Waals surface area contributed by atoms with E-state index in [1.165, 1.54) is 19.3 Å². The summed E-state index contributed by atoms with van der Waals surface area (Å²) in [7, 11) is 3.14. The molecule has 1 aromatic rings. The van der Waals surface area contributed by atoms with Crippen LogP contribution in [-0.4, -0.2) is 37.7 Å². The minimum atomic E-state index is -0.598. The number of hydrogen-bond acceptors (Lipinski definition) is 5. The van der Waals surface area contributed by atoms with Crippen molar-refractivity contribution in [1.29, 1.82) is 0 Å². The third-order valence-corrected chi connectivity index (χ3v) is 6.83. The Kier molecular flexibility index (Phi) is 5.32. The van der Waals surface area contributed by atoms with E-state index >= 15 is 0 Å². The van der Waals surface area contributed by atoms with E-state index in [1.54, 1.807) is 39.3 Å². The van der Waals surface area contributed by atoms with E-state index in [1.807, 2.05) is 0 Å². The predicted molar refractivity (Wildman–Crippen MR) is 110 cm³/mol. The zero-order chi connectivity index (χ0) is 20.6. The Hall–Kier alpha value is -2.44. The van der Waals surface area contributed by atoms with Gasteiger partial charge in [-0.1, -0.05) is 0 Å². The van der Waals surface area contributed by atoms with E-state index in [0.717, 1.165) is 37.0 Å². The number of ether oxygens (including phenoxy) is 2. The fourth-order valence-electron chi connectivity index (χ4n) is 5.97. The standard InChI is InChI=1S/C22H31N3O4/c1-13(23-18-5-4-17(28-2)9-19(18)29-3)20(26)24-21(27)25-22-10-14-6-15(11-22)8-16(7-14)12-22/h4-5,9,13-16,23H,6-8,10-12H2,1-3H3,(H2,24,25,26,27)/t13-,14?,15?,16?,22?/m1/s1. The van der Waals surface area contributed by atoms with Gasteiger partial charge in [-0.05, 0) is 75.3 Å². The smallest absolute Gasteiger partial charge is 0.321 e. The molecule has 0 aromatic heterocycles. The van der Waals surface area contributed by atoms with Crippen molar-refractivity contribution in [1.82, 2.24) is 10.6 Å². The van der Waals surface area contributed by atoms with Gasteiger partial charge in [0.05, 0.1) is 19.9 Å². The number of imide groups is 1. The first-order chi connectivity index (χ1) is 13.9. The van der Waals surface area contributed by atoms with Gasteiger partial charge in [0.2, 0.25) is 5.91 Å². The van der Waals surface area contributed by atoms with Gasteiger partial charge in [0.25, 0.3) is 0 Å². The van der Waals surface area contributed by atoms with Crippen LogP contribution in [0.4, 0.5) is 10.5 Å². The normalized spacial score (nSPS) is 30.4. The summed E-state index contributed by atoms with van der Waals surface area (Å²) >= 11 is 0. The lowest BCUT2D eigenvalue weighted by Gasteiger charge is -2.56. The molecule has 0 unspecified atom stereocenters.